The van der Waals surface area contributed by atoms with Gasteiger partial charge in [0.1, 0.15) is 0 Å². The first-order chi connectivity index (χ1) is 5.91. The number of rotatable bonds is 1. The molecule has 1 heterocycles. The Morgan fingerprint density at radius 2 is 1.14 bits per heavy atom. The van der Waals surface area contributed by atoms with Gasteiger partial charge in [-0.05, 0) is 34.6 Å². The zero-order valence-electron chi connectivity index (χ0n) is 9.57. The van der Waals surface area contributed by atoms with Crippen molar-refractivity contribution >= 4 is 0 Å². The smallest absolute Gasteiger partial charge is 0.297 e. The molecule has 0 atom stereocenters. The summed E-state index contributed by atoms with van der Waals surface area (Å²) < 4.78 is 37.2. The standard InChI is InChI=1S/C10H18F2O2/c1-7(2)8(3,4)14-10(6,13-7)9(5,11)12/h1-6H3. The van der Waals surface area contributed by atoms with Crippen LogP contribution in [0.2, 0.25) is 0 Å². The average Bonchev–Trinajstić information content (AvgIpc) is 1.95. The summed E-state index contributed by atoms with van der Waals surface area (Å²) in [6, 6.07) is 0. The van der Waals surface area contributed by atoms with Gasteiger partial charge >= 0.3 is 0 Å². The first-order valence-electron chi connectivity index (χ1n) is 4.69. The van der Waals surface area contributed by atoms with Crippen LogP contribution >= 0.6 is 0 Å². The summed E-state index contributed by atoms with van der Waals surface area (Å²) in [6.07, 6.45) is 0. The van der Waals surface area contributed by atoms with Crippen LogP contribution in [0.5, 0.6) is 0 Å². The lowest BCUT2D eigenvalue weighted by atomic mass is 9.90. The second kappa shape index (κ2) is 2.67. The van der Waals surface area contributed by atoms with Gasteiger partial charge in [0.15, 0.2) is 0 Å². The Bertz CT molecular complexity index is 225. The van der Waals surface area contributed by atoms with E-state index in [1.54, 1.807) is 27.7 Å². The van der Waals surface area contributed by atoms with E-state index in [4.69, 9.17) is 9.47 Å². The fraction of sp³-hybridized carbons (Fsp3) is 1.00. The van der Waals surface area contributed by atoms with Gasteiger partial charge < -0.3 is 9.47 Å². The first kappa shape index (κ1) is 11.9. The molecule has 0 radical (unpaired) electrons. The molecule has 0 aromatic heterocycles. The zero-order valence-corrected chi connectivity index (χ0v) is 9.57. The molecule has 0 aromatic carbocycles. The number of alkyl halides is 2. The number of ether oxygens (including phenoxy) is 2. The molecule has 1 rings (SSSR count). The molecular formula is C10H18F2O2. The molecule has 1 fully saturated rings. The van der Waals surface area contributed by atoms with Gasteiger partial charge in [0, 0.05) is 6.92 Å². The Labute approximate surface area is 83.6 Å². The molecule has 4 heteroatoms. The molecule has 1 aliphatic heterocycles. The summed E-state index contributed by atoms with van der Waals surface area (Å²) in [6.45, 7) is 9.11. The quantitative estimate of drug-likeness (QED) is 0.659. The van der Waals surface area contributed by atoms with Crippen LogP contribution in [-0.4, -0.2) is 22.9 Å². The highest BCUT2D eigenvalue weighted by Crippen LogP contribution is 2.49. The van der Waals surface area contributed by atoms with Crippen LogP contribution in [0.15, 0.2) is 0 Å². The number of hydrogen-bond donors (Lipinski definition) is 0. The highest BCUT2D eigenvalue weighted by molar-refractivity contribution is 5.01. The molecule has 84 valence electrons. The molecule has 14 heavy (non-hydrogen) atoms. The Morgan fingerprint density at radius 3 is 1.29 bits per heavy atom. The van der Waals surface area contributed by atoms with Gasteiger partial charge in [-0.15, -0.1) is 0 Å². The van der Waals surface area contributed by atoms with Gasteiger partial charge in [-0.1, -0.05) is 0 Å². The van der Waals surface area contributed by atoms with Crippen molar-refractivity contribution in [2.75, 3.05) is 0 Å². The monoisotopic (exact) mass is 208 g/mol. The van der Waals surface area contributed by atoms with Gasteiger partial charge in [0.25, 0.3) is 5.92 Å². The molecule has 0 unspecified atom stereocenters. The third-order valence-corrected chi connectivity index (χ3v) is 3.15. The highest BCUT2D eigenvalue weighted by atomic mass is 19.3. The molecule has 0 saturated carbocycles. The molecule has 0 spiro atoms. The van der Waals surface area contributed by atoms with Crippen molar-refractivity contribution in [3.8, 4) is 0 Å². The van der Waals surface area contributed by atoms with E-state index >= 15 is 0 Å². The number of halogens is 2. The van der Waals surface area contributed by atoms with Crippen LogP contribution < -0.4 is 0 Å². The maximum Gasteiger partial charge on any atom is 0.297 e. The largest absolute Gasteiger partial charge is 0.336 e. The van der Waals surface area contributed by atoms with Crippen molar-refractivity contribution in [1.29, 1.82) is 0 Å². The van der Waals surface area contributed by atoms with Gasteiger partial charge in [0.05, 0.1) is 11.2 Å². The summed E-state index contributed by atoms with van der Waals surface area (Å²) in [5.41, 5.74) is -1.44. The first-order valence-corrected chi connectivity index (χ1v) is 4.69. The fourth-order valence-corrected chi connectivity index (χ4v) is 1.42. The van der Waals surface area contributed by atoms with Gasteiger partial charge in [0.2, 0.25) is 5.79 Å². The van der Waals surface area contributed by atoms with Crippen molar-refractivity contribution in [2.45, 2.75) is 64.5 Å². The summed E-state index contributed by atoms with van der Waals surface area (Å²) in [4.78, 5) is 0. The van der Waals surface area contributed by atoms with Crippen LogP contribution in [0, 0.1) is 0 Å². The second-order valence-corrected chi connectivity index (χ2v) is 5.06. The Morgan fingerprint density at radius 1 is 0.857 bits per heavy atom. The molecule has 0 aliphatic carbocycles. The normalized spacial score (nSPS) is 29.1. The second-order valence-electron chi connectivity index (χ2n) is 5.06. The Kier molecular flexibility index (Phi) is 2.26. The van der Waals surface area contributed by atoms with E-state index < -0.39 is 22.9 Å². The van der Waals surface area contributed by atoms with Crippen molar-refractivity contribution in [2.24, 2.45) is 0 Å². The van der Waals surface area contributed by atoms with E-state index in [1.165, 1.54) is 6.92 Å². The van der Waals surface area contributed by atoms with Crippen molar-refractivity contribution in [1.82, 2.24) is 0 Å². The minimum Gasteiger partial charge on any atom is -0.336 e. The third-order valence-electron chi connectivity index (χ3n) is 3.15. The molecule has 0 aromatic rings. The SMILES string of the molecule is CC(F)(F)C1(C)OC(C)(C)C(C)(C)O1. The van der Waals surface area contributed by atoms with E-state index in [2.05, 4.69) is 0 Å². The van der Waals surface area contributed by atoms with Crippen LogP contribution in [-0.2, 0) is 9.47 Å². The molecule has 1 aliphatic rings. The van der Waals surface area contributed by atoms with E-state index in [0.717, 1.165) is 6.92 Å². The van der Waals surface area contributed by atoms with Crippen LogP contribution in [0.25, 0.3) is 0 Å². The number of hydrogen-bond acceptors (Lipinski definition) is 2. The summed E-state index contributed by atoms with van der Waals surface area (Å²) in [5.74, 6) is -4.85. The third kappa shape index (κ3) is 1.54. The minimum atomic E-state index is -3.02. The highest BCUT2D eigenvalue weighted by Gasteiger charge is 2.63. The molecule has 2 nitrogen and oxygen atoms in total. The molecular weight excluding hydrogens is 190 g/mol. The van der Waals surface area contributed by atoms with Gasteiger partial charge in [-0.2, -0.15) is 0 Å². The van der Waals surface area contributed by atoms with Crippen molar-refractivity contribution < 1.29 is 18.3 Å². The lowest BCUT2D eigenvalue weighted by molar-refractivity contribution is -0.292. The molecule has 0 amide bonds. The molecule has 0 N–H and O–H groups in total. The van der Waals surface area contributed by atoms with E-state index in [1.807, 2.05) is 0 Å². The lowest BCUT2D eigenvalue weighted by Crippen LogP contribution is -2.45. The van der Waals surface area contributed by atoms with Gasteiger partial charge in [-0.3, -0.25) is 0 Å². The zero-order chi connectivity index (χ0) is 11.4. The summed E-state index contributed by atoms with van der Waals surface area (Å²) in [7, 11) is 0. The van der Waals surface area contributed by atoms with Crippen molar-refractivity contribution in [3.05, 3.63) is 0 Å². The fourth-order valence-electron chi connectivity index (χ4n) is 1.42. The van der Waals surface area contributed by atoms with Crippen LogP contribution in [0.3, 0.4) is 0 Å². The molecule has 0 bridgehead atoms. The van der Waals surface area contributed by atoms with Gasteiger partial charge in [-0.25, -0.2) is 8.78 Å². The van der Waals surface area contributed by atoms with Crippen LogP contribution in [0.1, 0.15) is 41.5 Å². The van der Waals surface area contributed by atoms with E-state index in [0.29, 0.717) is 0 Å². The van der Waals surface area contributed by atoms with Crippen LogP contribution in [0.4, 0.5) is 8.78 Å². The maximum absolute atomic E-state index is 13.2. The Balaban J connectivity index is 3.03. The minimum absolute atomic E-state index is 0.721. The maximum atomic E-state index is 13.2. The Hall–Kier alpha value is -0.220. The average molecular weight is 208 g/mol. The summed E-state index contributed by atoms with van der Waals surface area (Å²) >= 11 is 0. The van der Waals surface area contributed by atoms with E-state index in [-0.39, 0.29) is 0 Å². The predicted octanol–water partition coefficient (Wildman–Crippen LogP) is 2.96. The van der Waals surface area contributed by atoms with E-state index in [9.17, 15) is 8.78 Å². The predicted molar refractivity (Wildman–Crippen MR) is 49.4 cm³/mol. The topological polar surface area (TPSA) is 18.5 Å². The molecule has 1 saturated heterocycles. The lowest BCUT2D eigenvalue weighted by Gasteiger charge is -2.30. The summed E-state index contributed by atoms with van der Waals surface area (Å²) in [5, 5.41) is 0. The van der Waals surface area contributed by atoms with Crippen molar-refractivity contribution in [3.63, 3.8) is 0 Å².